The summed E-state index contributed by atoms with van der Waals surface area (Å²) in [4.78, 5) is 21.6. The van der Waals surface area contributed by atoms with Crippen LogP contribution in [-0.4, -0.2) is 48.3 Å². The average molecular weight is 315 g/mol. The fourth-order valence-electron chi connectivity index (χ4n) is 2.78. The van der Waals surface area contributed by atoms with Gasteiger partial charge in [0.2, 0.25) is 0 Å². The largest absolute Gasteiger partial charge is 0.493 e. The lowest BCUT2D eigenvalue weighted by Crippen LogP contribution is -2.41. The van der Waals surface area contributed by atoms with E-state index in [-0.39, 0.29) is 6.04 Å². The van der Waals surface area contributed by atoms with Crippen molar-refractivity contribution in [1.82, 2.24) is 4.90 Å². The molecule has 2 unspecified atom stereocenters. The molecule has 1 aromatic rings. The summed E-state index contributed by atoms with van der Waals surface area (Å²) in [7, 11) is 3.15. The Balaban J connectivity index is 2.01. The zero-order chi connectivity index (χ0) is 16.4. The average Bonchev–Trinajstić information content (AvgIpc) is 2.60. The Bertz CT molecular complexity index is 711. The van der Waals surface area contributed by atoms with Crippen LogP contribution in [0.5, 0.6) is 11.5 Å². The van der Waals surface area contributed by atoms with Crippen LogP contribution >= 0.6 is 0 Å². The first-order valence-electron chi connectivity index (χ1n) is 7.14. The summed E-state index contributed by atoms with van der Waals surface area (Å²) >= 11 is 0. The SMILES string of the molecule is COc1ccc(C2CC(C(=O)O)N=C3C=NC=CN32)cc1OC. The van der Waals surface area contributed by atoms with E-state index in [9.17, 15) is 9.90 Å². The van der Waals surface area contributed by atoms with Gasteiger partial charge in [-0.2, -0.15) is 0 Å². The summed E-state index contributed by atoms with van der Waals surface area (Å²) in [6, 6.07) is 4.64. The van der Waals surface area contributed by atoms with Gasteiger partial charge in [-0.15, -0.1) is 0 Å². The Labute approximate surface area is 133 Å². The number of carbonyl (C=O) groups is 1. The molecule has 0 spiro atoms. The van der Waals surface area contributed by atoms with Gasteiger partial charge in [-0.25, -0.2) is 4.79 Å². The van der Waals surface area contributed by atoms with Crippen LogP contribution in [-0.2, 0) is 4.79 Å². The molecule has 23 heavy (non-hydrogen) atoms. The number of nitrogens with zero attached hydrogens (tertiary/aromatic N) is 3. The first-order valence-corrected chi connectivity index (χ1v) is 7.14. The van der Waals surface area contributed by atoms with Gasteiger partial charge >= 0.3 is 5.97 Å². The molecule has 0 aromatic heterocycles. The third kappa shape index (κ3) is 2.77. The summed E-state index contributed by atoms with van der Waals surface area (Å²) in [5.74, 6) is 0.846. The highest BCUT2D eigenvalue weighted by atomic mass is 16.5. The number of hydrogen-bond donors (Lipinski definition) is 1. The van der Waals surface area contributed by atoms with Crippen LogP contribution in [0.15, 0.2) is 40.6 Å². The molecule has 0 radical (unpaired) electrons. The number of hydrogen-bond acceptors (Lipinski definition) is 6. The van der Waals surface area contributed by atoms with E-state index in [0.29, 0.717) is 23.8 Å². The fourth-order valence-corrected chi connectivity index (χ4v) is 2.78. The maximum Gasteiger partial charge on any atom is 0.328 e. The molecule has 2 aliphatic rings. The van der Waals surface area contributed by atoms with E-state index < -0.39 is 12.0 Å². The highest BCUT2D eigenvalue weighted by Crippen LogP contribution is 2.36. The first-order chi connectivity index (χ1) is 11.1. The number of benzene rings is 1. The summed E-state index contributed by atoms with van der Waals surface area (Å²) < 4.78 is 10.6. The first kappa shape index (κ1) is 15.1. The summed E-state index contributed by atoms with van der Waals surface area (Å²) in [6.07, 6.45) is 5.40. The minimum absolute atomic E-state index is 0.161. The van der Waals surface area contributed by atoms with E-state index in [0.717, 1.165) is 5.56 Å². The number of ether oxygens (including phenoxy) is 2. The normalized spacial score (nSPS) is 22.3. The van der Waals surface area contributed by atoms with Gasteiger partial charge < -0.3 is 19.5 Å². The topological polar surface area (TPSA) is 83.7 Å². The molecule has 2 atom stereocenters. The van der Waals surface area contributed by atoms with E-state index in [2.05, 4.69) is 9.98 Å². The van der Waals surface area contributed by atoms with Crippen LogP contribution < -0.4 is 9.47 Å². The van der Waals surface area contributed by atoms with E-state index >= 15 is 0 Å². The molecular formula is C16H17N3O4. The predicted molar refractivity (Wildman–Crippen MR) is 85.2 cm³/mol. The summed E-state index contributed by atoms with van der Waals surface area (Å²) in [6.45, 7) is 0. The number of aliphatic imine (C=N–C) groups is 2. The Kier molecular flexibility index (Phi) is 4.01. The van der Waals surface area contributed by atoms with Gasteiger partial charge in [-0.05, 0) is 17.7 Å². The van der Waals surface area contributed by atoms with Gasteiger partial charge in [0.15, 0.2) is 17.5 Å². The Morgan fingerprint density at radius 2 is 2.09 bits per heavy atom. The second-order valence-corrected chi connectivity index (χ2v) is 5.19. The van der Waals surface area contributed by atoms with E-state index in [1.54, 1.807) is 32.8 Å². The standard InChI is InChI=1S/C16H17N3O4/c1-22-13-4-3-10(7-14(13)23-2)12-8-11(16(20)21)18-15-9-17-5-6-19(12)15/h3-7,9,11-12H,8H2,1-2H3,(H,20,21). The summed E-state index contributed by atoms with van der Waals surface area (Å²) in [5, 5.41) is 9.34. The quantitative estimate of drug-likeness (QED) is 0.917. The third-order valence-corrected chi connectivity index (χ3v) is 3.92. The van der Waals surface area contributed by atoms with Crippen molar-refractivity contribution in [3.63, 3.8) is 0 Å². The second kappa shape index (κ2) is 6.12. The smallest absolute Gasteiger partial charge is 0.328 e. The van der Waals surface area contributed by atoms with Gasteiger partial charge in [0.05, 0.1) is 26.5 Å². The van der Waals surface area contributed by atoms with Crippen molar-refractivity contribution in [1.29, 1.82) is 0 Å². The lowest BCUT2D eigenvalue weighted by molar-refractivity contribution is -0.139. The molecule has 3 rings (SSSR count). The van der Waals surface area contributed by atoms with E-state index in [4.69, 9.17) is 9.47 Å². The van der Waals surface area contributed by atoms with Gasteiger partial charge in [0, 0.05) is 18.8 Å². The molecule has 120 valence electrons. The molecule has 1 aromatic carbocycles. The Morgan fingerprint density at radius 1 is 1.30 bits per heavy atom. The second-order valence-electron chi connectivity index (χ2n) is 5.19. The van der Waals surface area contributed by atoms with E-state index in [1.165, 1.54) is 0 Å². The lowest BCUT2D eigenvalue weighted by atomic mass is 9.95. The Hall–Kier alpha value is -2.83. The maximum absolute atomic E-state index is 11.4. The van der Waals surface area contributed by atoms with Gasteiger partial charge in [0.25, 0.3) is 0 Å². The van der Waals surface area contributed by atoms with E-state index in [1.807, 2.05) is 23.1 Å². The minimum Gasteiger partial charge on any atom is -0.493 e. The van der Waals surface area contributed by atoms with Gasteiger partial charge in [-0.3, -0.25) is 9.98 Å². The van der Waals surface area contributed by atoms with Crippen molar-refractivity contribution in [2.24, 2.45) is 9.98 Å². The molecule has 0 saturated heterocycles. The third-order valence-electron chi connectivity index (χ3n) is 3.92. The zero-order valence-electron chi connectivity index (χ0n) is 12.8. The minimum atomic E-state index is -0.939. The van der Waals surface area contributed by atoms with Crippen molar-refractivity contribution in [2.45, 2.75) is 18.5 Å². The molecule has 0 bridgehead atoms. The van der Waals surface area contributed by atoms with Crippen LogP contribution in [0.25, 0.3) is 0 Å². The van der Waals surface area contributed by atoms with Gasteiger partial charge in [0.1, 0.15) is 5.84 Å². The molecule has 0 saturated carbocycles. The van der Waals surface area contributed by atoms with Crippen molar-refractivity contribution < 1.29 is 19.4 Å². The number of aliphatic carboxylic acids is 1. The van der Waals surface area contributed by atoms with Crippen LogP contribution in [0.1, 0.15) is 18.0 Å². The molecular weight excluding hydrogens is 298 g/mol. The molecule has 0 fully saturated rings. The highest BCUT2D eigenvalue weighted by molar-refractivity contribution is 6.30. The lowest BCUT2D eigenvalue weighted by Gasteiger charge is -2.36. The molecule has 0 amide bonds. The van der Waals surface area contributed by atoms with Crippen LogP contribution in [0.3, 0.4) is 0 Å². The van der Waals surface area contributed by atoms with Crippen molar-refractivity contribution in [2.75, 3.05) is 14.2 Å². The summed E-state index contributed by atoms with van der Waals surface area (Å²) in [5.41, 5.74) is 0.932. The monoisotopic (exact) mass is 315 g/mol. The number of carboxylic acid groups (broad SMARTS) is 1. The molecule has 7 heteroatoms. The van der Waals surface area contributed by atoms with Crippen molar-refractivity contribution in [3.8, 4) is 11.5 Å². The predicted octanol–water partition coefficient (Wildman–Crippen LogP) is 1.86. The fraction of sp³-hybridized carbons (Fsp3) is 0.312. The van der Waals surface area contributed by atoms with Gasteiger partial charge in [-0.1, -0.05) is 6.07 Å². The molecule has 2 aliphatic heterocycles. The number of methoxy groups -OCH3 is 2. The van der Waals surface area contributed by atoms with Crippen LogP contribution in [0.2, 0.25) is 0 Å². The number of carboxylic acids is 1. The number of rotatable bonds is 4. The molecule has 7 nitrogen and oxygen atoms in total. The molecule has 2 heterocycles. The van der Waals surface area contributed by atoms with Crippen molar-refractivity contribution >= 4 is 18.0 Å². The van der Waals surface area contributed by atoms with Crippen molar-refractivity contribution in [3.05, 3.63) is 36.2 Å². The number of amidine groups is 1. The zero-order valence-corrected chi connectivity index (χ0v) is 12.8. The van der Waals surface area contributed by atoms with Crippen LogP contribution in [0, 0.1) is 0 Å². The molecule has 1 N–H and O–H groups in total. The number of fused-ring (bicyclic) bond motifs is 1. The maximum atomic E-state index is 11.4. The Morgan fingerprint density at radius 3 is 2.78 bits per heavy atom. The highest BCUT2D eigenvalue weighted by Gasteiger charge is 2.34. The van der Waals surface area contributed by atoms with Crippen LogP contribution in [0.4, 0.5) is 0 Å². The molecule has 0 aliphatic carbocycles.